The number of hydrogen-bond donors (Lipinski definition) is 3. The Morgan fingerprint density at radius 2 is 2.06 bits per heavy atom. The van der Waals surface area contributed by atoms with Gasteiger partial charge in [-0.1, -0.05) is 29.8 Å². The van der Waals surface area contributed by atoms with Gasteiger partial charge in [0.15, 0.2) is 17.3 Å². The largest absolute Gasteiger partial charge is 0.436 e. The number of carbonyl (C=O) groups is 1. The summed E-state index contributed by atoms with van der Waals surface area (Å²) in [5.41, 5.74) is 15.1. The van der Waals surface area contributed by atoms with Crippen LogP contribution < -0.4 is 21.5 Å². The molecule has 184 valence electrons. The van der Waals surface area contributed by atoms with Crippen LogP contribution in [-0.4, -0.2) is 15.5 Å². The molecule has 5 N–H and O–H groups in total. The minimum Gasteiger partial charge on any atom is -0.436 e. The van der Waals surface area contributed by atoms with Gasteiger partial charge in [-0.2, -0.15) is 5.26 Å². The standard InChI is InChI=1S/C26H24ClFN6O2/c27-21-13-34(26(31)33-21)23(24(30)36-20-6-2-4-18(22(20)28)15-8-9-15)25(35)32-19-5-1-3-16-11-14(12-29)7-10-17(16)19/h2,4,6-7,10-11,13,15,19H,1,3,5,8-9,30H2,(H2,31,33)(H,32,35)/b24-23+. The quantitative estimate of drug-likeness (QED) is 0.336. The molecule has 5 rings (SSSR count). The third-order valence-electron chi connectivity index (χ3n) is 6.52. The lowest BCUT2D eigenvalue weighted by atomic mass is 9.86. The van der Waals surface area contributed by atoms with Crippen molar-refractivity contribution >= 4 is 29.2 Å². The van der Waals surface area contributed by atoms with Gasteiger partial charge >= 0.3 is 0 Å². The summed E-state index contributed by atoms with van der Waals surface area (Å²) < 4.78 is 22.0. The molecule has 0 aliphatic heterocycles. The molecule has 10 heteroatoms. The van der Waals surface area contributed by atoms with Crippen LogP contribution in [0.25, 0.3) is 5.70 Å². The molecule has 1 saturated carbocycles. The first-order valence-electron chi connectivity index (χ1n) is 11.7. The van der Waals surface area contributed by atoms with Crippen molar-refractivity contribution < 1.29 is 13.9 Å². The predicted octanol–water partition coefficient (Wildman–Crippen LogP) is 4.36. The lowest BCUT2D eigenvalue weighted by Gasteiger charge is -2.27. The van der Waals surface area contributed by atoms with E-state index in [2.05, 4.69) is 16.4 Å². The zero-order valence-corrected chi connectivity index (χ0v) is 20.1. The average Bonchev–Trinajstić information content (AvgIpc) is 3.64. The number of halogens is 2. The Morgan fingerprint density at radius 1 is 1.25 bits per heavy atom. The summed E-state index contributed by atoms with van der Waals surface area (Å²) in [7, 11) is 0. The number of nitrogens with one attached hydrogen (secondary N) is 1. The topological polar surface area (TPSA) is 132 Å². The van der Waals surface area contributed by atoms with Crippen LogP contribution in [0.15, 0.2) is 48.5 Å². The van der Waals surface area contributed by atoms with Gasteiger partial charge in [-0.15, -0.1) is 0 Å². The highest BCUT2D eigenvalue weighted by atomic mass is 35.5. The number of rotatable bonds is 6. The van der Waals surface area contributed by atoms with Crippen LogP contribution in [-0.2, 0) is 11.2 Å². The Labute approximate surface area is 212 Å². The van der Waals surface area contributed by atoms with Gasteiger partial charge in [0.1, 0.15) is 5.15 Å². The van der Waals surface area contributed by atoms with Crippen LogP contribution >= 0.6 is 11.6 Å². The summed E-state index contributed by atoms with van der Waals surface area (Å²) in [6, 6.07) is 12.1. The zero-order valence-electron chi connectivity index (χ0n) is 19.3. The van der Waals surface area contributed by atoms with Gasteiger partial charge in [-0.05, 0) is 72.9 Å². The molecular formula is C26H24ClFN6O2. The molecule has 0 bridgehead atoms. The second-order valence-corrected chi connectivity index (χ2v) is 9.37. The van der Waals surface area contributed by atoms with Gasteiger partial charge in [-0.25, -0.2) is 9.37 Å². The first kappa shape index (κ1) is 23.7. The summed E-state index contributed by atoms with van der Waals surface area (Å²) in [6.07, 6.45) is 5.51. The number of aromatic nitrogens is 2. The fraction of sp³-hybridized carbons (Fsp3) is 0.269. The highest BCUT2D eigenvalue weighted by molar-refractivity contribution is 6.29. The smallest absolute Gasteiger partial charge is 0.274 e. The van der Waals surface area contributed by atoms with Gasteiger partial charge in [0.05, 0.1) is 23.9 Å². The van der Waals surface area contributed by atoms with Gasteiger partial charge in [0.25, 0.3) is 5.91 Å². The summed E-state index contributed by atoms with van der Waals surface area (Å²) in [5.74, 6) is -1.44. The molecule has 36 heavy (non-hydrogen) atoms. The lowest BCUT2D eigenvalue weighted by molar-refractivity contribution is -0.116. The number of aryl methyl sites for hydroxylation is 1. The highest BCUT2D eigenvalue weighted by Gasteiger charge is 2.30. The predicted molar refractivity (Wildman–Crippen MR) is 133 cm³/mol. The van der Waals surface area contributed by atoms with Crippen molar-refractivity contribution in [2.75, 3.05) is 5.73 Å². The average molecular weight is 507 g/mol. The molecule has 2 aliphatic rings. The number of nitrogens with two attached hydrogens (primary N) is 2. The number of fused-ring (bicyclic) bond motifs is 1. The van der Waals surface area contributed by atoms with E-state index in [1.165, 1.54) is 16.8 Å². The summed E-state index contributed by atoms with van der Waals surface area (Å²) in [6.45, 7) is 0. The van der Waals surface area contributed by atoms with E-state index < -0.39 is 11.7 Å². The molecule has 0 spiro atoms. The van der Waals surface area contributed by atoms with Gasteiger partial charge in [0, 0.05) is 0 Å². The Balaban J connectivity index is 1.49. The third kappa shape index (κ3) is 4.60. The zero-order chi connectivity index (χ0) is 25.4. The Bertz CT molecular complexity index is 1420. The minimum atomic E-state index is -0.589. The highest BCUT2D eigenvalue weighted by Crippen LogP contribution is 2.43. The van der Waals surface area contributed by atoms with Crippen molar-refractivity contribution in [3.8, 4) is 11.8 Å². The molecule has 8 nitrogen and oxygen atoms in total. The van der Waals surface area contributed by atoms with Crippen molar-refractivity contribution in [2.45, 2.75) is 44.1 Å². The lowest BCUT2D eigenvalue weighted by Crippen LogP contribution is -2.35. The molecule has 3 aromatic rings. The Morgan fingerprint density at radius 3 is 2.75 bits per heavy atom. The first-order valence-corrected chi connectivity index (χ1v) is 12.0. The number of carbonyl (C=O) groups excluding carboxylic acids is 1. The molecule has 1 fully saturated rings. The van der Waals surface area contributed by atoms with Gasteiger partial charge < -0.3 is 21.5 Å². The number of nitriles is 1. The second-order valence-electron chi connectivity index (χ2n) is 8.98. The van der Waals surface area contributed by atoms with E-state index >= 15 is 4.39 Å². The summed E-state index contributed by atoms with van der Waals surface area (Å²) in [4.78, 5) is 17.5. The minimum absolute atomic E-state index is 0.0551. The summed E-state index contributed by atoms with van der Waals surface area (Å²) in [5, 5.41) is 12.3. The van der Waals surface area contributed by atoms with E-state index in [-0.39, 0.29) is 40.4 Å². The van der Waals surface area contributed by atoms with E-state index in [9.17, 15) is 10.1 Å². The molecule has 1 atom stereocenters. The molecule has 1 unspecified atom stereocenters. The third-order valence-corrected chi connectivity index (χ3v) is 6.70. The van der Waals surface area contributed by atoms with E-state index in [4.69, 9.17) is 27.8 Å². The molecule has 2 aliphatic carbocycles. The Kier molecular flexibility index (Phi) is 6.29. The maximum Gasteiger partial charge on any atom is 0.274 e. The van der Waals surface area contributed by atoms with Gasteiger partial charge in [0.2, 0.25) is 11.8 Å². The monoisotopic (exact) mass is 506 g/mol. The number of nitrogens with zero attached hydrogens (tertiary/aromatic N) is 3. The normalized spacial score (nSPS) is 17.5. The maximum absolute atomic E-state index is 15.1. The van der Waals surface area contributed by atoms with E-state index in [1.54, 1.807) is 18.2 Å². The molecule has 0 saturated heterocycles. The number of anilines is 1. The van der Waals surface area contributed by atoms with Crippen LogP contribution in [0.2, 0.25) is 5.15 Å². The fourth-order valence-electron chi connectivity index (χ4n) is 4.63. The fourth-order valence-corrected chi connectivity index (χ4v) is 4.81. The van der Waals surface area contributed by atoms with Crippen molar-refractivity contribution in [2.24, 2.45) is 5.73 Å². The SMILES string of the molecule is N#Cc1ccc2c(c1)CCCC2NC(=O)/C(=C(/N)Oc1cccc(C2CC2)c1F)n1cc(Cl)nc1N. The molecular weight excluding hydrogens is 483 g/mol. The van der Waals surface area contributed by atoms with Crippen molar-refractivity contribution in [1.29, 1.82) is 5.26 Å². The van der Waals surface area contributed by atoms with Gasteiger partial charge in [-0.3, -0.25) is 9.36 Å². The first-order chi connectivity index (χ1) is 17.4. The number of nitrogen functional groups attached to an aromatic ring is 1. The van der Waals surface area contributed by atoms with Crippen LogP contribution in [0.4, 0.5) is 10.3 Å². The van der Waals surface area contributed by atoms with Crippen molar-refractivity contribution in [3.05, 3.63) is 81.7 Å². The molecule has 0 radical (unpaired) electrons. The number of imidazole rings is 1. The molecule has 1 heterocycles. The van der Waals surface area contributed by atoms with Crippen LogP contribution in [0.1, 0.15) is 59.9 Å². The van der Waals surface area contributed by atoms with E-state index in [0.717, 1.165) is 36.8 Å². The van der Waals surface area contributed by atoms with Crippen molar-refractivity contribution in [1.82, 2.24) is 14.9 Å². The van der Waals surface area contributed by atoms with E-state index in [1.807, 2.05) is 12.1 Å². The number of ether oxygens (including phenoxy) is 1. The summed E-state index contributed by atoms with van der Waals surface area (Å²) >= 11 is 6.02. The number of amides is 1. The van der Waals surface area contributed by atoms with Crippen LogP contribution in [0.5, 0.6) is 5.75 Å². The van der Waals surface area contributed by atoms with E-state index in [0.29, 0.717) is 17.5 Å². The maximum atomic E-state index is 15.1. The van der Waals surface area contributed by atoms with Crippen molar-refractivity contribution in [3.63, 3.8) is 0 Å². The molecule has 2 aromatic carbocycles. The molecule has 1 aromatic heterocycles. The second kappa shape index (κ2) is 9.55. The molecule has 1 amide bonds. The van der Waals surface area contributed by atoms with Crippen LogP contribution in [0.3, 0.4) is 0 Å². The Hall–Kier alpha value is -4.03. The van der Waals surface area contributed by atoms with Crippen LogP contribution in [0, 0.1) is 17.1 Å². The number of benzene rings is 2. The number of hydrogen-bond acceptors (Lipinski definition) is 6.